The van der Waals surface area contributed by atoms with Crippen molar-refractivity contribution in [2.75, 3.05) is 36.5 Å². The quantitative estimate of drug-likeness (QED) is 0.895. The molecule has 1 aromatic carbocycles. The van der Waals surface area contributed by atoms with Gasteiger partial charge in [0, 0.05) is 36.8 Å². The summed E-state index contributed by atoms with van der Waals surface area (Å²) < 4.78 is 0. The van der Waals surface area contributed by atoms with Crippen LogP contribution >= 0.6 is 11.8 Å². The maximum Gasteiger partial charge on any atom is 0.322 e. The molecule has 0 bridgehead atoms. The molecule has 1 N–H and O–H groups in total. The maximum atomic E-state index is 12.8. The third-order valence-corrected chi connectivity index (χ3v) is 5.70. The Balaban J connectivity index is 1.69. The van der Waals surface area contributed by atoms with E-state index in [-0.39, 0.29) is 18.0 Å². The third-order valence-electron chi connectivity index (χ3n) is 4.76. The number of thioether (sulfide) groups is 1. The van der Waals surface area contributed by atoms with Gasteiger partial charge in [-0.25, -0.2) is 4.79 Å². The highest BCUT2D eigenvalue weighted by Crippen LogP contribution is 2.23. The Labute approximate surface area is 147 Å². The minimum atomic E-state index is -0.307. The molecule has 0 aromatic heterocycles. The van der Waals surface area contributed by atoms with Gasteiger partial charge in [-0.3, -0.25) is 4.79 Å². The molecule has 2 heterocycles. The van der Waals surface area contributed by atoms with Crippen LogP contribution in [0, 0.1) is 13.8 Å². The minimum absolute atomic E-state index is 0.115. The summed E-state index contributed by atoms with van der Waals surface area (Å²) in [7, 11) is 0. The summed E-state index contributed by atoms with van der Waals surface area (Å²) in [4.78, 5) is 29.1. The number of aryl methyl sites for hydroxylation is 2. The summed E-state index contributed by atoms with van der Waals surface area (Å²) in [6, 6.07) is 5.54. The van der Waals surface area contributed by atoms with Crippen molar-refractivity contribution in [3.05, 3.63) is 29.3 Å². The van der Waals surface area contributed by atoms with Crippen LogP contribution in [0.25, 0.3) is 0 Å². The number of benzene rings is 1. The van der Waals surface area contributed by atoms with E-state index in [4.69, 9.17) is 0 Å². The predicted molar refractivity (Wildman–Crippen MR) is 98.6 cm³/mol. The van der Waals surface area contributed by atoms with E-state index in [2.05, 4.69) is 5.32 Å². The van der Waals surface area contributed by atoms with Crippen molar-refractivity contribution in [1.82, 2.24) is 9.80 Å². The highest BCUT2D eigenvalue weighted by molar-refractivity contribution is 7.99. The summed E-state index contributed by atoms with van der Waals surface area (Å²) in [6.45, 7) is 6.23. The number of urea groups is 1. The number of nitrogens with zero attached hydrogens (tertiary/aromatic N) is 2. The van der Waals surface area contributed by atoms with Gasteiger partial charge >= 0.3 is 6.03 Å². The molecule has 3 rings (SSSR count). The first kappa shape index (κ1) is 17.1. The van der Waals surface area contributed by atoms with E-state index >= 15 is 0 Å². The minimum Gasteiger partial charge on any atom is -0.339 e. The van der Waals surface area contributed by atoms with Gasteiger partial charge in [0.2, 0.25) is 5.91 Å². The van der Waals surface area contributed by atoms with Crippen LogP contribution in [-0.2, 0) is 4.79 Å². The van der Waals surface area contributed by atoms with Crippen molar-refractivity contribution in [3.63, 3.8) is 0 Å². The molecule has 0 aliphatic carbocycles. The van der Waals surface area contributed by atoms with Gasteiger partial charge in [0.05, 0.1) is 0 Å². The Kier molecular flexibility index (Phi) is 5.33. The maximum absolute atomic E-state index is 12.8. The first-order valence-electron chi connectivity index (χ1n) is 8.57. The van der Waals surface area contributed by atoms with Crippen molar-refractivity contribution >= 4 is 29.4 Å². The number of carbonyl (C=O) groups is 2. The number of likely N-dealkylation sites (tertiary alicyclic amines) is 1. The number of anilines is 1. The van der Waals surface area contributed by atoms with Crippen molar-refractivity contribution in [3.8, 4) is 0 Å². The molecule has 6 heteroatoms. The number of hydrogen-bond acceptors (Lipinski definition) is 3. The van der Waals surface area contributed by atoms with Crippen LogP contribution < -0.4 is 5.32 Å². The molecule has 130 valence electrons. The fourth-order valence-electron chi connectivity index (χ4n) is 3.32. The molecular weight excluding hydrogens is 322 g/mol. The zero-order chi connectivity index (χ0) is 17.1. The molecule has 1 aromatic rings. The average Bonchev–Trinajstić information content (AvgIpc) is 3.08. The average molecular weight is 347 g/mol. The summed E-state index contributed by atoms with van der Waals surface area (Å²) >= 11 is 1.88. The zero-order valence-corrected chi connectivity index (χ0v) is 15.2. The van der Waals surface area contributed by atoms with Crippen LogP contribution in [0.4, 0.5) is 10.5 Å². The van der Waals surface area contributed by atoms with E-state index in [1.165, 1.54) is 0 Å². The van der Waals surface area contributed by atoms with Crippen molar-refractivity contribution in [1.29, 1.82) is 0 Å². The lowest BCUT2D eigenvalue weighted by Gasteiger charge is -2.32. The monoisotopic (exact) mass is 347 g/mol. The summed E-state index contributed by atoms with van der Waals surface area (Å²) in [5, 5.41) is 2.99. The molecule has 0 saturated carbocycles. The third kappa shape index (κ3) is 3.69. The molecule has 1 atom stereocenters. The molecule has 0 radical (unpaired) electrons. The van der Waals surface area contributed by atoms with E-state index < -0.39 is 0 Å². The molecule has 5 nitrogen and oxygen atoms in total. The molecule has 0 spiro atoms. The molecule has 2 aliphatic heterocycles. The zero-order valence-electron chi connectivity index (χ0n) is 14.4. The summed E-state index contributed by atoms with van der Waals surface area (Å²) in [5.41, 5.74) is 2.97. The lowest BCUT2D eigenvalue weighted by atomic mass is 10.1. The van der Waals surface area contributed by atoms with Crippen LogP contribution in [0.1, 0.15) is 24.0 Å². The largest absolute Gasteiger partial charge is 0.339 e. The van der Waals surface area contributed by atoms with Gasteiger partial charge in [0.15, 0.2) is 0 Å². The highest BCUT2D eigenvalue weighted by Gasteiger charge is 2.37. The standard InChI is InChI=1S/C18H25N3O2S/c1-13-5-6-14(2)15(12-13)19-18(23)21-7-3-4-16(21)17(22)20-8-10-24-11-9-20/h5-6,12,16H,3-4,7-11H2,1-2H3,(H,19,23)/t16-/m0/s1. The van der Waals surface area contributed by atoms with E-state index in [9.17, 15) is 9.59 Å². The van der Waals surface area contributed by atoms with Gasteiger partial charge < -0.3 is 15.1 Å². The first-order valence-corrected chi connectivity index (χ1v) is 9.73. The van der Waals surface area contributed by atoms with E-state index in [1.54, 1.807) is 4.90 Å². The SMILES string of the molecule is Cc1ccc(C)c(NC(=O)N2CCC[C@H]2C(=O)N2CCSCC2)c1. The molecule has 2 aliphatic rings. The van der Waals surface area contributed by atoms with Crippen molar-refractivity contribution < 1.29 is 9.59 Å². The Morgan fingerprint density at radius 1 is 1.17 bits per heavy atom. The Morgan fingerprint density at radius 2 is 1.92 bits per heavy atom. The second kappa shape index (κ2) is 7.47. The topological polar surface area (TPSA) is 52.7 Å². The lowest BCUT2D eigenvalue weighted by molar-refractivity contribution is -0.134. The van der Waals surface area contributed by atoms with Gasteiger partial charge in [-0.2, -0.15) is 11.8 Å². The van der Waals surface area contributed by atoms with Crippen molar-refractivity contribution in [2.24, 2.45) is 0 Å². The van der Waals surface area contributed by atoms with Crippen LogP contribution in [0.2, 0.25) is 0 Å². The number of amides is 3. The molecule has 24 heavy (non-hydrogen) atoms. The molecule has 2 fully saturated rings. The number of nitrogens with one attached hydrogen (secondary N) is 1. The second-order valence-corrected chi connectivity index (χ2v) is 7.76. The van der Waals surface area contributed by atoms with Gasteiger partial charge in [-0.05, 0) is 43.9 Å². The summed E-state index contributed by atoms with van der Waals surface area (Å²) in [6.07, 6.45) is 1.65. The predicted octanol–water partition coefficient (Wildman–Crippen LogP) is 2.88. The van der Waals surface area contributed by atoms with Gasteiger partial charge in [-0.1, -0.05) is 12.1 Å². The Morgan fingerprint density at radius 3 is 2.67 bits per heavy atom. The lowest BCUT2D eigenvalue weighted by Crippen LogP contribution is -2.51. The van der Waals surface area contributed by atoms with Gasteiger partial charge in [0.25, 0.3) is 0 Å². The molecule has 3 amide bonds. The number of rotatable bonds is 2. The number of carbonyl (C=O) groups excluding carboxylic acids is 2. The van der Waals surface area contributed by atoms with E-state index in [1.807, 2.05) is 48.7 Å². The normalized spacial score (nSPS) is 21.0. The molecule has 2 saturated heterocycles. The Bertz CT molecular complexity index is 629. The summed E-state index contributed by atoms with van der Waals surface area (Å²) in [5.74, 6) is 2.10. The fraction of sp³-hybridized carbons (Fsp3) is 0.556. The first-order chi connectivity index (χ1) is 11.6. The van der Waals surface area contributed by atoms with Gasteiger partial charge in [0.1, 0.15) is 6.04 Å². The van der Waals surface area contributed by atoms with Crippen LogP contribution in [0.5, 0.6) is 0 Å². The van der Waals surface area contributed by atoms with Crippen LogP contribution in [0.3, 0.4) is 0 Å². The Hall–Kier alpha value is -1.69. The van der Waals surface area contributed by atoms with Crippen LogP contribution in [-0.4, -0.2) is 58.9 Å². The fourth-order valence-corrected chi connectivity index (χ4v) is 4.22. The molecular formula is C18H25N3O2S. The van der Waals surface area contributed by atoms with E-state index in [0.29, 0.717) is 6.54 Å². The highest BCUT2D eigenvalue weighted by atomic mass is 32.2. The smallest absolute Gasteiger partial charge is 0.322 e. The van der Waals surface area contributed by atoms with Crippen molar-refractivity contribution in [2.45, 2.75) is 32.7 Å². The van der Waals surface area contributed by atoms with E-state index in [0.717, 1.165) is 54.3 Å². The van der Waals surface area contributed by atoms with Crippen LogP contribution in [0.15, 0.2) is 18.2 Å². The number of hydrogen-bond donors (Lipinski definition) is 1. The second-order valence-electron chi connectivity index (χ2n) is 6.54. The van der Waals surface area contributed by atoms with Gasteiger partial charge in [-0.15, -0.1) is 0 Å². The molecule has 0 unspecified atom stereocenters.